The Hall–Kier alpha value is -2.59. The number of anilines is 1. The SMILES string of the molecule is CC(=O)Nc1nc(COC(=O)CCn2cnc3sc(C)c(C)c3c2=O)cs1. The summed E-state index contributed by atoms with van der Waals surface area (Å²) < 4.78 is 6.61. The molecule has 3 heterocycles. The average molecular weight is 406 g/mol. The van der Waals surface area contributed by atoms with Gasteiger partial charge < -0.3 is 10.1 Å². The van der Waals surface area contributed by atoms with Crippen LogP contribution in [0.4, 0.5) is 5.13 Å². The molecule has 0 unspecified atom stereocenters. The van der Waals surface area contributed by atoms with Crippen LogP contribution in [0.1, 0.15) is 29.5 Å². The molecule has 0 aromatic carbocycles. The van der Waals surface area contributed by atoms with Crippen molar-refractivity contribution >= 4 is 49.9 Å². The summed E-state index contributed by atoms with van der Waals surface area (Å²) in [6.07, 6.45) is 1.52. The molecule has 1 amide bonds. The number of fused-ring (bicyclic) bond motifs is 1. The minimum absolute atomic E-state index is 0.0178. The summed E-state index contributed by atoms with van der Waals surface area (Å²) in [5.74, 6) is -0.644. The summed E-state index contributed by atoms with van der Waals surface area (Å²) in [5, 5.41) is 5.35. The van der Waals surface area contributed by atoms with Gasteiger partial charge >= 0.3 is 5.97 Å². The fourth-order valence-corrected chi connectivity index (χ4v) is 4.18. The zero-order valence-electron chi connectivity index (χ0n) is 15.1. The van der Waals surface area contributed by atoms with E-state index in [4.69, 9.17) is 4.74 Å². The molecule has 0 saturated heterocycles. The van der Waals surface area contributed by atoms with Gasteiger partial charge in [-0.2, -0.15) is 0 Å². The van der Waals surface area contributed by atoms with Gasteiger partial charge in [0, 0.05) is 23.7 Å². The van der Waals surface area contributed by atoms with Crippen molar-refractivity contribution in [2.75, 3.05) is 5.32 Å². The van der Waals surface area contributed by atoms with E-state index in [9.17, 15) is 14.4 Å². The Morgan fingerprint density at radius 2 is 2.11 bits per heavy atom. The molecule has 3 aromatic rings. The minimum atomic E-state index is -0.436. The van der Waals surface area contributed by atoms with E-state index in [0.717, 1.165) is 10.4 Å². The lowest BCUT2D eigenvalue weighted by molar-refractivity contribution is -0.145. The van der Waals surface area contributed by atoms with Crippen LogP contribution in [-0.4, -0.2) is 26.4 Å². The number of amides is 1. The van der Waals surface area contributed by atoms with Crippen LogP contribution in [0.5, 0.6) is 0 Å². The number of ether oxygens (including phenoxy) is 1. The number of nitrogens with zero attached hydrogens (tertiary/aromatic N) is 3. The number of nitrogens with one attached hydrogen (secondary N) is 1. The second-order valence-corrected chi connectivity index (χ2v) is 8.00. The molecule has 0 radical (unpaired) electrons. The third-order valence-corrected chi connectivity index (χ3v) is 5.85. The number of rotatable bonds is 6. The maximum Gasteiger partial charge on any atom is 0.307 e. The topological polar surface area (TPSA) is 103 Å². The molecule has 1 N–H and O–H groups in total. The first kappa shape index (κ1) is 19.2. The molecular weight excluding hydrogens is 388 g/mol. The molecule has 27 heavy (non-hydrogen) atoms. The summed E-state index contributed by atoms with van der Waals surface area (Å²) in [6, 6.07) is 0. The first-order valence-electron chi connectivity index (χ1n) is 8.18. The van der Waals surface area contributed by atoms with Gasteiger partial charge in [0.25, 0.3) is 5.56 Å². The largest absolute Gasteiger partial charge is 0.459 e. The summed E-state index contributed by atoms with van der Waals surface area (Å²) in [7, 11) is 0. The normalized spacial score (nSPS) is 10.9. The molecule has 10 heteroatoms. The van der Waals surface area contributed by atoms with Crippen LogP contribution in [0, 0.1) is 13.8 Å². The second kappa shape index (κ2) is 7.97. The van der Waals surface area contributed by atoms with Gasteiger partial charge in [0.1, 0.15) is 11.4 Å². The number of aryl methyl sites for hydroxylation is 3. The fraction of sp³-hybridized carbons (Fsp3) is 0.353. The molecular formula is C17H18N4O4S2. The molecule has 142 valence electrons. The van der Waals surface area contributed by atoms with Crippen molar-refractivity contribution in [3.63, 3.8) is 0 Å². The van der Waals surface area contributed by atoms with Gasteiger partial charge in [-0.25, -0.2) is 9.97 Å². The number of carbonyl (C=O) groups excluding carboxylic acids is 2. The van der Waals surface area contributed by atoms with Crippen molar-refractivity contribution in [3.8, 4) is 0 Å². The van der Waals surface area contributed by atoms with Crippen molar-refractivity contribution in [1.29, 1.82) is 0 Å². The van der Waals surface area contributed by atoms with E-state index in [1.165, 1.54) is 40.5 Å². The molecule has 0 fully saturated rings. The van der Waals surface area contributed by atoms with Crippen LogP contribution in [0.3, 0.4) is 0 Å². The van der Waals surface area contributed by atoms with Crippen LogP contribution >= 0.6 is 22.7 Å². The van der Waals surface area contributed by atoms with Gasteiger partial charge in [-0.05, 0) is 19.4 Å². The van der Waals surface area contributed by atoms with E-state index in [1.54, 1.807) is 5.38 Å². The Labute approximate surface area is 162 Å². The lowest BCUT2D eigenvalue weighted by atomic mass is 10.2. The summed E-state index contributed by atoms with van der Waals surface area (Å²) >= 11 is 2.75. The molecule has 0 bridgehead atoms. The molecule has 0 aliphatic heterocycles. The highest BCUT2D eigenvalue weighted by atomic mass is 32.1. The van der Waals surface area contributed by atoms with Gasteiger partial charge in [-0.15, -0.1) is 22.7 Å². The molecule has 0 spiro atoms. The van der Waals surface area contributed by atoms with Gasteiger partial charge in [0.05, 0.1) is 23.8 Å². The van der Waals surface area contributed by atoms with E-state index < -0.39 is 5.97 Å². The number of esters is 1. The van der Waals surface area contributed by atoms with Gasteiger partial charge in [0.15, 0.2) is 5.13 Å². The predicted molar refractivity (Wildman–Crippen MR) is 104 cm³/mol. The van der Waals surface area contributed by atoms with Crippen LogP contribution in [0.25, 0.3) is 10.2 Å². The lowest BCUT2D eigenvalue weighted by Crippen LogP contribution is -2.22. The molecule has 0 aliphatic carbocycles. The minimum Gasteiger partial charge on any atom is -0.459 e. The van der Waals surface area contributed by atoms with E-state index in [-0.39, 0.29) is 31.0 Å². The highest BCUT2D eigenvalue weighted by Gasteiger charge is 2.13. The Morgan fingerprint density at radius 1 is 1.33 bits per heavy atom. The zero-order chi connectivity index (χ0) is 19.6. The van der Waals surface area contributed by atoms with Crippen LogP contribution in [-0.2, 0) is 27.5 Å². The Balaban J connectivity index is 1.58. The van der Waals surface area contributed by atoms with Crippen LogP contribution in [0.2, 0.25) is 0 Å². The summed E-state index contributed by atoms with van der Waals surface area (Å²) in [6.45, 7) is 5.47. The lowest BCUT2D eigenvalue weighted by Gasteiger charge is -2.06. The summed E-state index contributed by atoms with van der Waals surface area (Å²) in [5.41, 5.74) is 1.35. The van der Waals surface area contributed by atoms with Crippen molar-refractivity contribution in [2.24, 2.45) is 0 Å². The van der Waals surface area contributed by atoms with E-state index >= 15 is 0 Å². The molecule has 0 atom stereocenters. The number of hydrogen-bond acceptors (Lipinski definition) is 8. The highest BCUT2D eigenvalue weighted by molar-refractivity contribution is 7.18. The van der Waals surface area contributed by atoms with E-state index in [2.05, 4.69) is 15.3 Å². The second-order valence-electron chi connectivity index (χ2n) is 5.94. The van der Waals surface area contributed by atoms with Crippen molar-refractivity contribution in [1.82, 2.24) is 14.5 Å². The average Bonchev–Trinajstić information content (AvgIpc) is 3.16. The predicted octanol–water partition coefficient (Wildman–Crippen LogP) is 2.62. The quantitative estimate of drug-likeness (QED) is 0.631. The van der Waals surface area contributed by atoms with Crippen molar-refractivity contribution in [2.45, 2.75) is 40.3 Å². The maximum absolute atomic E-state index is 12.6. The molecule has 8 nitrogen and oxygen atoms in total. The van der Waals surface area contributed by atoms with E-state index in [0.29, 0.717) is 21.0 Å². The number of carbonyl (C=O) groups is 2. The molecule has 0 saturated carbocycles. The Bertz CT molecular complexity index is 1070. The maximum atomic E-state index is 12.6. The number of thiazole rings is 1. The van der Waals surface area contributed by atoms with Crippen molar-refractivity contribution in [3.05, 3.63) is 38.2 Å². The first-order valence-corrected chi connectivity index (χ1v) is 9.87. The highest BCUT2D eigenvalue weighted by Crippen LogP contribution is 2.25. The van der Waals surface area contributed by atoms with Crippen molar-refractivity contribution < 1.29 is 14.3 Å². The fourth-order valence-electron chi connectivity index (χ4n) is 2.45. The zero-order valence-corrected chi connectivity index (χ0v) is 16.7. The molecule has 3 rings (SSSR count). The molecule has 0 aliphatic rings. The third kappa shape index (κ3) is 4.40. The summed E-state index contributed by atoms with van der Waals surface area (Å²) in [4.78, 5) is 45.8. The van der Waals surface area contributed by atoms with Gasteiger partial charge in [-0.3, -0.25) is 19.0 Å². The number of thiophene rings is 1. The Kier molecular flexibility index (Phi) is 5.66. The van der Waals surface area contributed by atoms with Gasteiger partial charge in [-0.1, -0.05) is 0 Å². The third-order valence-electron chi connectivity index (χ3n) is 3.93. The Morgan fingerprint density at radius 3 is 2.85 bits per heavy atom. The first-order chi connectivity index (χ1) is 12.8. The van der Waals surface area contributed by atoms with Crippen LogP contribution < -0.4 is 10.9 Å². The monoisotopic (exact) mass is 406 g/mol. The standard InChI is InChI=1S/C17H18N4O4S2/c1-9-10(2)27-15-14(9)16(24)21(8-18-15)5-4-13(23)25-6-12-7-26-17(20-12)19-11(3)22/h7-8H,4-6H2,1-3H3,(H,19,20,22). The smallest absolute Gasteiger partial charge is 0.307 e. The molecule has 3 aromatic heterocycles. The number of aromatic nitrogens is 3. The number of hydrogen-bond donors (Lipinski definition) is 1. The van der Waals surface area contributed by atoms with E-state index in [1.807, 2.05) is 13.8 Å². The van der Waals surface area contributed by atoms with Crippen LogP contribution in [0.15, 0.2) is 16.5 Å². The van der Waals surface area contributed by atoms with Gasteiger partial charge in [0.2, 0.25) is 5.91 Å².